The number of benzene rings is 1. The summed E-state index contributed by atoms with van der Waals surface area (Å²) in [5.41, 5.74) is 6.17. The third-order valence-corrected chi connectivity index (χ3v) is 2.27. The summed E-state index contributed by atoms with van der Waals surface area (Å²) >= 11 is 0. The van der Waals surface area contributed by atoms with Gasteiger partial charge in [0.1, 0.15) is 17.1 Å². The fraction of sp³-hybridized carbons (Fsp3) is 0.273. The second-order valence-electron chi connectivity index (χ2n) is 3.28. The van der Waals surface area contributed by atoms with Crippen LogP contribution in [0.3, 0.4) is 0 Å². The van der Waals surface area contributed by atoms with Crippen molar-refractivity contribution >= 4 is 11.0 Å². The Morgan fingerprint density at radius 1 is 1.47 bits per heavy atom. The third kappa shape index (κ3) is 1.64. The Kier molecular flexibility index (Phi) is 2.51. The molecule has 0 atom stereocenters. The Morgan fingerprint density at radius 2 is 2.27 bits per heavy atom. The topological polar surface area (TPSA) is 68.6 Å². The van der Waals surface area contributed by atoms with Crippen molar-refractivity contribution in [1.29, 1.82) is 0 Å². The highest BCUT2D eigenvalue weighted by atomic mass is 16.5. The SMILES string of the molecule is COc1c(CCN)oc2ccc(O)cc12. The standard InChI is InChI=1S/C11H13NO3/c1-14-11-8-6-7(13)2-3-9(8)15-10(11)4-5-12/h2-3,6,13H,4-5,12H2,1H3. The van der Waals surface area contributed by atoms with Crippen LogP contribution in [-0.4, -0.2) is 18.8 Å². The Hall–Kier alpha value is -1.68. The van der Waals surface area contributed by atoms with Gasteiger partial charge in [0.15, 0.2) is 5.75 Å². The molecule has 15 heavy (non-hydrogen) atoms. The van der Waals surface area contributed by atoms with Crippen molar-refractivity contribution in [3.63, 3.8) is 0 Å². The normalized spacial score (nSPS) is 10.8. The van der Waals surface area contributed by atoms with Gasteiger partial charge in [-0.25, -0.2) is 0 Å². The Bertz CT molecular complexity index is 476. The first-order chi connectivity index (χ1) is 7.26. The monoisotopic (exact) mass is 207 g/mol. The highest BCUT2D eigenvalue weighted by Gasteiger charge is 2.14. The summed E-state index contributed by atoms with van der Waals surface area (Å²) in [5.74, 6) is 1.58. The van der Waals surface area contributed by atoms with Gasteiger partial charge in [-0.15, -0.1) is 0 Å². The van der Waals surface area contributed by atoms with Gasteiger partial charge in [-0.2, -0.15) is 0 Å². The molecule has 1 heterocycles. The highest BCUT2D eigenvalue weighted by Crippen LogP contribution is 2.34. The van der Waals surface area contributed by atoms with Crippen molar-refractivity contribution in [3.05, 3.63) is 24.0 Å². The molecule has 0 radical (unpaired) electrons. The predicted octanol–water partition coefficient (Wildman–Crippen LogP) is 1.65. The van der Waals surface area contributed by atoms with Gasteiger partial charge >= 0.3 is 0 Å². The van der Waals surface area contributed by atoms with Gasteiger partial charge in [0.25, 0.3) is 0 Å². The van der Waals surface area contributed by atoms with Crippen molar-refractivity contribution in [2.24, 2.45) is 5.73 Å². The first-order valence-corrected chi connectivity index (χ1v) is 4.74. The van der Waals surface area contributed by atoms with Crippen molar-refractivity contribution < 1.29 is 14.3 Å². The molecule has 1 aromatic carbocycles. The molecule has 0 bridgehead atoms. The largest absolute Gasteiger partial charge is 0.508 e. The smallest absolute Gasteiger partial charge is 0.168 e. The average molecular weight is 207 g/mol. The number of ether oxygens (including phenoxy) is 1. The first-order valence-electron chi connectivity index (χ1n) is 4.74. The lowest BCUT2D eigenvalue weighted by Crippen LogP contribution is -2.02. The number of aromatic hydroxyl groups is 1. The molecule has 2 rings (SSSR count). The van der Waals surface area contributed by atoms with Gasteiger partial charge in [-0.3, -0.25) is 0 Å². The predicted molar refractivity (Wildman–Crippen MR) is 57.2 cm³/mol. The van der Waals surface area contributed by atoms with Gasteiger partial charge < -0.3 is 20.0 Å². The molecule has 0 fully saturated rings. The zero-order valence-corrected chi connectivity index (χ0v) is 8.49. The zero-order chi connectivity index (χ0) is 10.8. The summed E-state index contributed by atoms with van der Waals surface area (Å²) in [7, 11) is 1.58. The molecule has 4 nitrogen and oxygen atoms in total. The molecule has 0 saturated carbocycles. The summed E-state index contributed by atoms with van der Waals surface area (Å²) in [6, 6.07) is 4.92. The molecule has 0 saturated heterocycles. The van der Waals surface area contributed by atoms with E-state index < -0.39 is 0 Å². The van der Waals surface area contributed by atoms with E-state index in [0.29, 0.717) is 24.3 Å². The van der Waals surface area contributed by atoms with E-state index in [2.05, 4.69) is 0 Å². The van der Waals surface area contributed by atoms with E-state index in [1.54, 1.807) is 25.3 Å². The van der Waals surface area contributed by atoms with Gasteiger partial charge in [0.05, 0.1) is 12.5 Å². The number of hydrogen-bond donors (Lipinski definition) is 2. The molecule has 0 aliphatic heterocycles. The van der Waals surface area contributed by atoms with Crippen molar-refractivity contribution in [2.75, 3.05) is 13.7 Å². The van der Waals surface area contributed by atoms with Crippen LogP contribution in [0.15, 0.2) is 22.6 Å². The molecule has 1 aromatic heterocycles. The average Bonchev–Trinajstić information content (AvgIpc) is 2.55. The summed E-state index contributed by atoms with van der Waals surface area (Å²) < 4.78 is 10.8. The molecule has 0 aliphatic rings. The van der Waals surface area contributed by atoms with Crippen molar-refractivity contribution in [3.8, 4) is 11.5 Å². The lowest BCUT2D eigenvalue weighted by atomic mass is 10.2. The van der Waals surface area contributed by atoms with E-state index >= 15 is 0 Å². The van der Waals surface area contributed by atoms with Crippen LogP contribution in [0.4, 0.5) is 0 Å². The molecule has 0 unspecified atom stereocenters. The molecular formula is C11H13NO3. The molecule has 0 amide bonds. The minimum atomic E-state index is 0.195. The fourth-order valence-electron chi connectivity index (χ4n) is 1.63. The number of methoxy groups -OCH3 is 1. The van der Waals surface area contributed by atoms with E-state index in [1.165, 1.54) is 0 Å². The minimum Gasteiger partial charge on any atom is -0.508 e. The van der Waals surface area contributed by atoms with Crippen LogP contribution in [0.5, 0.6) is 11.5 Å². The maximum absolute atomic E-state index is 9.37. The quantitative estimate of drug-likeness (QED) is 0.802. The van der Waals surface area contributed by atoms with Crippen molar-refractivity contribution in [2.45, 2.75) is 6.42 Å². The van der Waals surface area contributed by atoms with Gasteiger partial charge in [-0.1, -0.05) is 0 Å². The number of phenolic OH excluding ortho intramolecular Hbond substituents is 1. The van der Waals surface area contributed by atoms with Crippen LogP contribution in [0, 0.1) is 0 Å². The molecule has 0 aliphatic carbocycles. The van der Waals surface area contributed by atoms with Crippen LogP contribution in [0.2, 0.25) is 0 Å². The number of rotatable bonds is 3. The maximum Gasteiger partial charge on any atom is 0.168 e. The molecule has 3 N–H and O–H groups in total. The highest BCUT2D eigenvalue weighted by molar-refractivity contribution is 5.86. The number of nitrogens with two attached hydrogens (primary N) is 1. The Morgan fingerprint density at radius 3 is 2.93 bits per heavy atom. The lowest BCUT2D eigenvalue weighted by Gasteiger charge is -1.99. The number of phenols is 1. The van der Waals surface area contributed by atoms with Gasteiger partial charge in [0, 0.05) is 6.42 Å². The summed E-state index contributed by atoms with van der Waals surface area (Å²) in [6.45, 7) is 0.502. The van der Waals surface area contributed by atoms with Crippen LogP contribution >= 0.6 is 0 Å². The lowest BCUT2D eigenvalue weighted by molar-refractivity contribution is 0.396. The molecular weight excluding hydrogens is 194 g/mol. The molecule has 0 spiro atoms. The van der Waals surface area contributed by atoms with Crippen LogP contribution in [-0.2, 0) is 6.42 Å². The first kappa shape index (κ1) is 9.86. The number of furan rings is 1. The van der Waals surface area contributed by atoms with Crippen molar-refractivity contribution in [1.82, 2.24) is 0 Å². The zero-order valence-electron chi connectivity index (χ0n) is 8.49. The second-order valence-corrected chi connectivity index (χ2v) is 3.28. The summed E-state index contributed by atoms with van der Waals surface area (Å²) in [6.07, 6.45) is 0.624. The number of fused-ring (bicyclic) bond motifs is 1. The third-order valence-electron chi connectivity index (χ3n) is 2.27. The Labute approximate surface area is 87.2 Å². The second kappa shape index (κ2) is 3.82. The van der Waals surface area contributed by atoms with Crippen LogP contribution < -0.4 is 10.5 Å². The fourth-order valence-corrected chi connectivity index (χ4v) is 1.63. The van der Waals surface area contributed by atoms with E-state index in [4.69, 9.17) is 14.9 Å². The molecule has 2 aromatic rings. The Balaban J connectivity index is 2.63. The van der Waals surface area contributed by atoms with E-state index in [1.807, 2.05) is 0 Å². The minimum absolute atomic E-state index is 0.195. The van der Waals surface area contributed by atoms with E-state index in [0.717, 1.165) is 11.1 Å². The van der Waals surface area contributed by atoms with Crippen LogP contribution in [0.1, 0.15) is 5.76 Å². The number of hydrogen-bond acceptors (Lipinski definition) is 4. The maximum atomic E-state index is 9.37. The molecule has 4 heteroatoms. The summed E-state index contributed by atoms with van der Waals surface area (Å²) in [5, 5.41) is 10.1. The van der Waals surface area contributed by atoms with E-state index in [9.17, 15) is 5.11 Å². The van der Waals surface area contributed by atoms with E-state index in [-0.39, 0.29) is 5.75 Å². The van der Waals surface area contributed by atoms with Gasteiger partial charge in [0.2, 0.25) is 0 Å². The van der Waals surface area contributed by atoms with Gasteiger partial charge in [-0.05, 0) is 24.7 Å². The molecule has 80 valence electrons. The van der Waals surface area contributed by atoms with Crippen LogP contribution in [0.25, 0.3) is 11.0 Å². The summed E-state index contributed by atoms with van der Waals surface area (Å²) in [4.78, 5) is 0.